The molecule has 0 aliphatic carbocycles. The number of para-hydroxylation sites is 1. The van der Waals surface area contributed by atoms with E-state index in [0.29, 0.717) is 29.8 Å². The van der Waals surface area contributed by atoms with Gasteiger partial charge >= 0.3 is 0 Å². The molecule has 2 amide bonds. The van der Waals surface area contributed by atoms with Crippen LogP contribution in [-0.2, 0) is 14.8 Å². The summed E-state index contributed by atoms with van der Waals surface area (Å²) >= 11 is 0. The van der Waals surface area contributed by atoms with Gasteiger partial charge in [-0.2, -0.15) is 0 Å². The Kier molecular flexibility index (Phi) is 17.1. The average molecular weight is 861 g/mol. The molecule has 1 aliphatic rings. The standard InChI is InChI=1S/C51H68N6O4S/c1-10-13-15-17-18-21-27-42(26-20-16-14-11-2)57-49(53-46-33-37(5)38(6)34-47(46)62(57,60)61)48(50(58)54-45-35-40(29-28-36(45)4)51(59)55(8)9)52-44-31-30-43(32-39(44)7)56(12-3)41-24-22-19-23-25-41/h19,22-25,28-35,42H,10-18,20-21,26-27H2,1-9H3,(H,54,58). The Morgan fingerprint density at radius 2 is 1.34 bits per heavy atom. The maximum atomic E-state index is 15.3. The van der Waals surface area contributed by atoms with Crippen molar-refractivity contribution in [3.63, 3.8) is 0 Å². The highest BCUT2D eigenvalue weighted by Crippen LogP contribution is 2.39. The molecule has 10 nitrogen and oxygen atoms in total. The molecule has 1 N–H and O–H groups in total. The van der Waals surface area contributed by atoms with E-state index in [4.69, 9.17) is 9.98 Å². The molecular formula is C51H68N6O4S. The number of fused-ring (bicyclic) bond motifs is 1. The van der Waals surface area contributed by atoms with Crippen molar-refractivity contribution in [1.82, 2.24) is 9.21 Å². The van der Waals surface area contributed by atoms with E-state index in [0.717, 1.165) is 98.0 Å². The first-order valence-electron chi connectivity index (χ1n) is 22.6. The minimum absolute atomic E-state index is 0.00542. The third-order valence-corrected chi connectivity index (χ3v) is 13.7. The van der Waals surface area contributed by atoms with Crippen molar-refractivity contribution >= 4 is 61.8 Å². The molecule has 0 radical (unpaired) electrons. The molecule has 5 rings (SSSR count). The van der Waals surface area contributed by atoms with Gasteiger partial charge in [-0.05, 0) is 124 Å². The summed E-state index contributed by atoms with van der Waals surface area (Å²) in [6, 6.07) is 24.3. The van der Waals surface area contributed by atoms with Gasteiger partial charge in [-0.1, -0.05) is 102 Å². The lowest BCUT2D eigenvalue weighted by atomic mass is 10.00. The van der Waals surface area contributed by atoms with Crippen LogP contribution in [0.15, 0.2) is 93.7 Å². The Morgan fingerprint density at radius 3 is 1.97 bits per heavy atom. The number of nitrogens with zero attached hydrogens (tertiary/aromatic N) is 5. The normalized spacial score (nSPS) is 13.9. The van der Waals surface area contributed by atoms with E-state index in [1.165, 1.54) is 15.6 Å². The molecule has 1 unspecified atom stereocenters. The second kappa shape index (κ2) is 22.2. The number of amidine groups is 1. The molecule has 0 saturated carbocycles. The van der Waals surface area contributed by atoms with Crippen LogP contribution in [0.4, 0.5) is 28.4 Å². The van der Waals surface area contributed by atoms with Gasteiger partial charge in [0.1, 0.15) is 4.90 Å². The highest BCUT2D eigenvalue weighted by molar-refractivity contribution is 7.90. The van der Waals surface area contributed by atoms with Crippen molar-refractivity contribution in [2.75, 3.05) is 30.9 Å². The lowest BCUT2D eigenvalue weighted by Crippen LogP contribution is -2.51. The number of aliphatic imine (C=N–C) groups is 2. The molecule has 1 atom stereocenters. The van der Waals surface area contributed by atoms with Gasteiger partial charge in [0, 0.05) is 49.3 Å². The number of sulfonamides is 1. The lowest BCUT2D eigenvalue weighted by Gasteiger charge is -2.37. The van der Waals surface area contributed by atoms with Gasteiger partial charge in [-0.15, -0.1) is 0 Å². The van der Waals surface area contributed by atoms with Gasteiger partial charge in [0.2, 0.25) is 0 Å². The van der Waals surface area contributed by atoms with Crippen LogP contribution in [0.25, 0.3) is 0 Å². The fourth-order valence-corrected chi connectivity index (χ4v) is 9.90. The molecular weight excluding hydrogens is 793 g/mol. The van der Waals surface area contributed by atoms with Crippen LogP contribution in [-0.4, -0.2) is 67.7 Å². The molecule has 0 aromatic heterocycles. The van der Waals surface area contributed by atoms with Crippen molar-refractivity contribution in [3.8, 4) is 0 Å². The molecule has 1 aliphatic heterocycles. The van der Waals surface area contributed by atoms with E-state index in [-0.39, 0.29) is 28.0 Å². The van der Waals surface area contributed by atoms with Crippen molar-refractivity contribution < 1.29 is 18.0 Å². The number of carbonyl (C=O) groups excluding carboxylic acids is 2. The van der Waals surface area contributed by atoms with E-state index in [1.807, 2.05) is 64.1 Å². The van der Waals surface area contributed by atoms with E-state index in [9.17, 15) is 4.79 Å². The van der Waals surface area contributed by atoms with Crippen LogP contribution in [0.5, 0.6) is 0 Å². The highest BCUT2D eigenvalue weighted by Gasteiger charge is 2.42. The second-order valence-corrected chi connectivity index (χ2v) is 18.7. The fourth-order valence-electron chi connectivity index (χ4n) is 8.03. The van der Waals surface area contributed by atoms with E-state index in [1.54, 1.807) is 44.4 Å². The van der Waals surface area contributed by atoms with Crippen molar-refractivity contribution in [1.29, 1.82) is 0 Å². The van der Waals surface area contributed by atoms with Gasteiger partial charge in [-0.3, -0.25) is 9.59 Å². The zero-order chi connectivity index (χ0) is 45.0. The van der Waals surface area contributed by atoms with E-state index < -0.39 is 22.0 Å². The summed E-state index contributed by atoms with van der Waals surface area (Å²) in [5.74, 6) is -0.828. The summed E-state index contributed by atoms with van der Waals surface area (Å²) in [4.78, 5) is 42.3. The number of unbranched alkanes of at least 4 members (excludes halogenated alkanes) is 8. The first kappa shape index (κ1) is 47.8. The Hall–Kier alpha value is -5.29. The zero-order valence-corrected chi connectivity index (χ0v) is 39.4. The number of aryl methyl sites for hydroxylation is 4. The minimum Gasteiger partial charge on any atom is -0.345 e. The van der Waals surface area contributed by atoms with Gasteiger partial charge in [0.15, 0.2) is 11.5 Å². The first-order chi connectivity index (χ1) is 29.7. The second-order valence-electron chi connectivity index (χ2n) is 16.9. The predicted octanol–water partition coefficient (Wildman–Crippen LogP) is 12.3. The van der Waals surface area contributed by atoms with Gasteiger partial charge in [-0.25, -0.2) is 22.7 Å². The van der Waals surface area contributed by atoms with Crippen LogP contribution < -0.4 is 10.2 Å². The molecule has 0 fully saturated rings. The number of hydrogen-bond acceptors (Lipinski definition) is 7. The van der Waals surface area contributed by atoms with Gasteiger partial charge in [0.25, 0.3) is 21.8 Å². The van der Waals surface area contributed by atoms with E-state index >= 15 is 13.2 Å². The monoisotopic (exact) mass is 861 g/mol. The predicted molar refractivity (Wildman–Crippen MR) is 258 cm³/mol. The Bertz CT molecular complexity index is 2360. The first-order valence-corrected chi connectivity index (χ1v) is 24.1. The number of amides is 2. The Balaban J connectivity index is 1.72. The van der Waals surface area contributed by atoms with Crippen LogP contribution in [0.3, 0.4) is 0 Å². The summed E-state index contributed by atoms with van der Waals surface area (Å²) in [5, 5.41) is 3.05. The molecule has 4 aromatic carbocycles. The van der Waals surface area contributed by atoms with Crippen LogP contribution in [0.2, 0.25) is 0 Å². The number of hydrogen-bond donors (Lipinski definition) is 1. The lowest BCUT2D eigenvalue weighted by molar-refractivity contribution is -0.110. The Morgan fingerprint density at radius 1 is 0.710 bits per heavy atom. The highest BCUT2D eigenvalue weighted by atomic mass is 32.2. The Labute approximate surface area is 371 Å². The molecule has 332 valence electrons. The molecule has 1 heterocycles. The summed E-state index contributed by atoms with van der Waals surface area (Å²) < 4.78 is 32.1. The van der Waals surface area contributed by atoms with Crippen LogP contribution >= 0.6 is 0 Å². The quantitative estimate of drug-likeness (QED) is 0.0662. The summed E-state index contributed by atoms with van der Waals surface area (Å²) in [6.45, 7) is 14.8. The summed E-state index contributed by atoms with van der Waals surface area (Å²) in [6.07, 6.45) is 11.6. The third kappa shape index (κ3) is 11.6. The fraction of sp³-hybridized carbons (Fsp3) is 0.451. The molecule has 4 aromatic rings. The molecule has 0 bridgehead atoms. The molecule has 0 spiro atoms. The minimum atomic E-state index is -4.22. The zero-order valence-electron chi connectivity index (χ0n) is 38.6. The molecule has 11 heteroatoms. The smallest absolute Gasteiger partial charge is 0.278 e. The third-order valence-electron chi connectivity index (χ3n) is 11.8. The van der Waals surface area contributed by atoms with Crippen molar-refractivity contribution in [3.05, 3.63) is 107 Å². The van der Waals surface area contributed by atoms with E-state index in [2.05, 4.69) is 43.1 Å². The van der Waals surface area contributed by atoms with Crippen molar-refractivity contribution in [2.24, 2.45) is 9.98 Å². The molecule has 62 heavy (non-hydrogen) atoms. The SMILES string of the molecule is CCCCCCCCC(CCCCCC)N1C(C(=Nc2ccc(N(CC)c3ccccc3)cc2C)C(=O)Nc2cc(C(=O)N(C)C)ccc2C)=Nc2cc(C)c(C)cc2S1(=O)=O. The number of rotatable bonds is 21. The number of carbonyl (C=O) groups is 2. The summed E-state index contributed by atoms with van der Waals surface area (Å²) in [5.41, 5.74) is 6.80. The van der Waals surface area contributed by atoms with Gasteiger partial charge in [0.05, 0.1) is 11.4 Å². The summed E-state index contributed by atoms with van der Waals surface area (Å²) in [7, 11) is -0.861. The molecule has 0 saturated heterocycles. The van der Waals surface area contributed by atoms with Crippen LogP contribution in [0, 0.1) is 27.7 Å². The van der Waals surface area contributed by atoms with Gasteiger partial charge < -0.3 is 15.1 Å². The number of anilines is 3. The largest absolute Gasteiger partial charge is 0.345 e. The number of nitrogens with one attached hydrogen (secondary N) is 1. The van der Waals surface area contributed by atoms with Crippen LogP contribution in [0.1, 0.15) is 130 Å². The maximum Gasteiger partial charge on any atom is 0.278 e. The average Bonchev–Trinajstić information content (AvgIpc) is 3.24. The number of benzene rings is 4. The van der Waals surface area contributed by atoms with Crippen molar-refractivity contribution in [2.45, 2.75) is 136 Å². The maximum absolute atomic E-state index is 15.3. The topological polar surface area (TPSA) is 115 Å².